The number of aromatic hydroxyl groups is 1. The van der Waals surface area contributed by atoms with Crippen LogP contribution in [0.1, 0.15) is 33.9 Å². The van der Waals surface area contributed by atoms with Crippen LogP contribution >= 0.6 is 0 Å². The Morgan fingerprint density at radius 2 is 1.65 bits per heavy atom. The molecule has 0 aromatic heterocycles. The number of benzene rings is 4. The molecule has 1 N–H and O–H groups in total. The maximum absolute atomic E-state index is 13.5. The molecule has 5 rings (SSSR count). The summed E-state index contributed by atoms with van der Waals surface area (Å²) in [6.45, 7) is 0. The summed E-state index contributed by atoms with van der Waals surface area (Å²) < 4.78 is 10.9. The molecule has 6 heteroatoms. The standard InChI is InChI=1S/C28H24N2O4/c1-33-25-15-13-20(16-26(25)34-2)24-17-23(29-30(24)28(32)19-9-4-3-5-10-19)22-14-12-18-8-6-7-11-21(18)27(22)31/h3-16,24,31H,17H2,1-2H3. The topological polar surface area (TPSA) is 71.4 Å². The zero-order chi connectivity index (χ0) is 23.7. The highest BCUT2D eigenvalue weighted by Gasteiger charge is 2.35. The first-order chi connectivity index (χ1) is 16.6. The molecule has 0 spiro atoms. The van der Waals surface area contributed by atoms with Gasteiger partial charge in [0.2, 0.25) is 0 Å². The number of methoxy groups -OCH3 is 2. The Morgan fingerprint density at radius 1 is 0.912 bits per heavy atom. The molecule has 1 unspecified atom stereocenters. The number of rotatable bonds is 5. The number of fused-ring (bicyclic) bond motifs is 1. The molecule has 1 aliphatic rings. The van der Waals surface area contributed by atoms with Crippen molar-refractivity contribution in [2.24, 2.45) is 5.10 Å². The van der Waals surface area contributed by atoms with Crippen molar-refractivity contribution in [2.45, 2.75) is 12.5 Å². The van der Waals surface area contributed by atoms with Gasteiger partial charge in [0.15, 0.2) is 11.5 Å². The maximum Gasteiger partial charge on any atom is 0.274 e. The van der Waals surface area contributed by atoms with E-state index in [1.165, 1.54) is 5.01 Å². The van der Waals surface area contributed by atoms with Crippen LogP contribution in [0.15, 0.2) is 90.0 Å². The van der Waals surface area contributed by atoms with Crippen LogP contribution in [-0.2, 0) is 0 Å². The van der Waals surface area contributed by atoms with Gasteiger partial charge in [-0.25, -0.2) is 5.01 Å². The third-order valence-electron chi connectivity index (χ3n) is 6.14. The van der Waals surface area contributed by atoms with Crippen molar-refractivity contribution in [1.29, 1.82) is 0 Å². The zero-order valence-electron chi connectivity index (χ0n) is 18.9. The molecule has 0 saturated carbocycles. The van der Waals surface area contributed by atoms with E-state index in [-0.39, 0.29) is 17.7 Å². The van der Waals surface area contributed by atoms with Gasteiger partial charge in [0, 0.05) is 22.9 Å². The molecule has 4 aromatic carbocycles. The Hall–Kier alpha value is -4.32. The Kier molecular flexibility index (Phi) is 5.64. The third-order valence-corrected chi connectivity index (χ3v) is 6.14. The lowest BCUT2D eigenvalue weighted by molar-refractivity contribution is 0.0711. The van der Waals surface area contributed by atoms with E-state index >= 15 is 0 Å². The molecule has 1 heterocycles. The predicted molar refractivity (Wildman–Crippen MR) is 132 cm³/mol. The largest absolute Gasteiger partial charge is 0.507 e. The number of phenolic OH excluding ortho intramolecular Hbond substituents is 1. The normalized spacial score (nSPS) is 15.3. The fourth-order valence-electron chi connectivity index (χ4n) is 4.38. The number of carbonyl (C=O) groups excluding carboxylic acids is 1. The number of carbonyl (C=O) groups is 1. The van der Waals surface area contributed by atoms with Gasteiger partial charge in [-0.05, 0) is 41.3 Å². The molecule has 0 fully saturated rings. The Labute approximate surface area is 197 Å². The molecule has 4 aromatic rings. The van der Waals surface area contributed by atoms with Gasteiger partial charge < -0.3 is 14.6 Å². The van der Waals surface area contributed by atoms with Crippen molar-refractivity contribution >= 4 is 22.4 Å². The van der Waals surface area contributed by atoms with E-state index in [0.29, 0.717) is 34.8 Å². The first-order valence-corrected chi connectivity index (χ1v) is 11.0. The van der Waals surface area contributed by atoms with Crippen LogP contribution in [0.4, 0.5) is 0 Å². The minimum Gasteiger partial charge on any atom is -0.507 e. The predicted octanol–water partition coefficient (Wildman–Crippen LogP) is 5.55. The number of hydrazone groups is 1. The average Bonchev–Trinajstić information content (AvgIpc) is 3.34. The van der Waals surface area contributed by atoms with E-state index in [1.807, 2.05) is 72.8 Å². The molecular formula is C28H24N2O4. The summed E-state index contributed by atoms with van der Waals surface area (Å²) in [6.07, 6.45) is 0.444. The molecule has 1 atom stereocenters. The van der Waals surface area contributed by atoms with Crippen molar-refractivity contribution in [3.05, 3.63) is 102 Å². The summed E-state index contributed by atoms with van der Waals surface area (Å²) >= 11 is 0. The van der Waals surface area contributed by atoms with E-state index in [9.17, 15) is 9.90 Å². The van der Waals surface area contributed by atoms with Gasteiger partial charge in [0.25, 0.3) is 5.91 Å². The molecule has 6 nitrogen and oxygen atoms in total. The van der Waals surface area contributed by atoms with E-state index < -0.39 is 0 Å². The molecule has 1 aliphatic heterocycles. The Bertz CT molecular complexity index is 1400. The van der Waals surface area contributed by atoms with Crippen molar-refractivity contribution in [3.8, 4) is 17.2 Å². The highest BCUT2D eigenvalue weighted by Crippen LogP contribution is 2.40. The second-order valence-corrected chi connectivity index (χ2v) is 8.08. The fourth-order valence-corrected chi connectivity index (χ4v) is 4.38. The number of phenols is 1. The Morgan fingerprint density at radius 3 is 2.41 bits per heavy atom. The number of amides is 1. The summed E-state index contributed by atoms with van der Waals surface area (Å²) in [6, 6.07) is 25.8. The summed E-state index contributed by atoms with van der Waals surface area (Å²) in [5.74, 6) is 1.14. The number of hydrogen-bond donors (Lipinski definition) is 1. The van der Waals surface area contributed by atoms with Gasteiger partial charge in [-0.3, -0.25) is 4.79 Å². The molecule has 34 heavy (non-hydrogen) atoms. The van der Waals surface area contributed by atoms with Gasteiger partial charge in [0.1, 0.15) is 5.75 Å². The lowest BCUT2D eigenvalue weighted by atomic mass is 9.95. The van der Waals surface area contributed by atoms with E-state index in [4.69, 9.17) is 14.6 Å². The van der Waals surface area contributed by atoms with Gasteiger partial charge in [0.05, 0.1) is 26.0 Å². The minimum atomic E-state index is -0.367. The molecule has 0 saturated heterocycles. The number of hydrogen-bond acceptors (Lipinski definition) is 5. The van der Waals surface area contributed by atoms with Gasteiger partial charge in [-0.15, -0.1) is 0 Å². The molecule has 0 bridgehead atoms. The fraction of sp³-hybridized carbons (Fsp3) is 0.143. The van der Waals surface area contributed by atoms with Gasteiger partial charge in [-0.1, -0.05) is 54.6 Å². The summed E-state index contributed by atoms with van der Waals surface area (Å²) in [4.78, 5) is 13.5. The average molecular weight is 453 g/mol. The maximum atomic E-state index is 13.5. The van der Waals surface area contributed by atoms with E-state index in [2.05, 4.69) is 0 Å². The summed E-state index contributed by atoms with van der Waals surface area (Å²) in [7, 11) is 3.17. The third kappa shape index (κ3) is 3.73. The molecule has 1 amide bonds. The van der Waals surface area contributed by atoms with E-state index in [1.54, 1.807) is 26.4 Å². The van der Waals surface area contributed by atoms with Crippen LogP contribution in [0.2, 0.25) is 0 Å². The molecule has 0 aliphatic carbocycles. The first-order valence-electron chi connectivity index (χ1n) is 11.0. The minimum absolute atomic E-state index is 0.164. The van der Waals surface area contributed by atoms with Crippen molar-refractivity contribution in [2.75, 3.05) is 14.2 Å². The number of nitrogens with zero attached hydrogens (tertiary/aromatic N) is 2. The van der Waals surface area contributed by atoms with Crippen LogP contribution in [0.3, 0.4) is 0 Å². The summed E-state index contributed by atoms with van der Waals surface area (Å²) in [5, 5.41) is 19.0. The van der Waals surface area contributed by atoms with Gasteiger partial charge >= 0.3 is 0 Å². The molecule has 0 radical (unpaired) electrons. The van der Waals surface area contributed by atoms with Crippen LogP contribution in [-0.4, -0.2) is 36.0 Å². The van der Waals surface area contributed by atoms with Crippen molar-refractivity contribution in [1.82, 2.24) is 5.01 Å². The van der Waals surface area contributed by atoms with Crippen LogP contribution in [0, 0.1) is 0 Å². The summed E-state index contributed by atoms with van der Waals surface area (Å²) in [5.41, 5.74) is 2.67. The zero-order valence-corrected chi connectivity index (χ0v) is 18.9. The van der Waals surface area contributed by atoms with Crippen molar-refractivity contribution in [3.63, 3.8) is 0 Å². The second-order valence-electron chi connectivity index (χ2n) is 8.08. The monoisotopic (exact) mass is 452 g/mol. The highest BCUT2D eigenvalue weighted by molar-refractivity contribution is 6.10. The number of ether oxygens (including phenoxy) is 2. The molecular weight excluding hydrogens is 428 g/mol. The lowest BCUT2D eigenvalue weighted by Crippen LogP contribution is -2.27. The molecule has 170 valence electrons. The Balaban J connectivity index is 1.60. The van der Waals surface area contributed by atoms with Crippen LogP contribution < -0.4 is 9.47 Å². The van der Waals surface area contributed by atoms with Gasteiger partial charge in [-0.2, -0.15) is 5.10 Å². The highest BCUT2D eigenvalue weighted by atomic mass is 16.5. The second kappa shape index (κ2) is 8.90. The van der Waals surface area contributed by atoms with Crippen LogP contribution in [0.5, 0.6) is 17.2 Å². The van der Waals surface area contributed by atoms with Crippen molar-refractivity contribution < 1.29 is 19.4 Å². The quantitative estimate of drug-likeness (QED) is 0.431. The first kappa shape index (κ1) is 21.5. The lowest BCUT2D eigenvalue weighted by Gasteiger charge is -2.23. The smallest absolute Gasteiger partial charge is 0.274 e. The SMILES string of the molecule is COc1ccc(C2CC(c3ccc4ccccc4c3O)=NN2C(=O)c2ccccc2)cc1OC. The van der Waals surface area contributed by atoms with E-state index in [0.717, 1.165) is 16.3 Å². The van der Waals surface area contributed by atoms with Crippen LogP contribution in [0.25, 0.3) is 10.8 Å².